The predicted octanol–water partition coefficient (Wildman–Crippen LogP) is 0.649. The third-order valence-electron chi connectivity index (χ3n) is 0.410. The number of rotatable bonds is 0. The average Bonchev–Trinajstić information content (AvgIpc) is 1.86. The summed E-state index contributed by atoms with van der Waals surface area (Å²) in [5, 5.41) is 3.05. The Kier molecular flexibility index (Phi) is 0.965. The molecule has 0 bridgehead atoms. The molecule has 1 unspecified atom stereocenters. The Morgan fingerprint density at radius 1 is 2.00 bits per heavy atom. The maximum atomic E-state index is 5.33. The van der Waals surface area contributed by atoms with Crippen LogP contribution in [0, 0.1) is 6.61 Å². The highest BCUT2D eigenvalue weighted by atomic mass is 35.5. The first-order valence-corrected chi connectivity index (χ1v) is 1.92. The molecule has 0 saturated carbocycles. The topological polar surface area (TPSA) is 21.6 Å². The quantitative estimate of drug-likeness (QED) is 0.413. The average molecular weight is 104 g/mol. The summed E-state index contributed by atoms with van der Waals surface area (Å²) in [4.78, 5) is 4.24. The van der Waals surface area contributed by atoms with Crippen LogP contribution in [0.5, 0.6) is 0 Å². The maximum absolute atomic E-state index is 5.33. The van der Waals surface area contributed by atoms with Gasteiger partial charge in [0.2, 0.25) is 0 Å². The van der Waals surface area contributed by atoms with E-state index in [-0.39, 0.29) is 5.38 Å². The van der Waals surface area contributed by atoms with Gasteiger partial charge >= 0.3 is 0 Å². The van der Waals surface area contributed by atoms with Crippen molar-refractivity contribution >= 4 is 17.8 Å². The van der Waals surface area contributed by atoms with Gasteiger partial charge in [0.15, 0.2) is 0 Å². The fraction of sp³-hybridized carbons (Fsp3) is 0.333. The molecule has 32 valence electrons. The number of alkyl halides is 1. The van der Waals surface area contributed by atoms with Crippen LogP contribution in [0.3, 0.4) is 0 Å². The van der Waals surface area contributed by atoms with Gasteiger partial charge in [-0.1, -0.05) is 5.16 Å². The van der Waals surface area contributed by atoms with Crippen LogP contribution in [0.4, 0.5) is 0 Å². The van der Waals surface area contributed by atoms with Crippen molar-refractivity contribution in [2.75, 3.05) is 0 Å². The molecule has 6 heavy (non-hydrogen) atoms. The zero-order valence-corrected chi connectivity index (χ0v) is 3.64. The summed E-state index contributed by atoms with van der Waals surface area (Å²) >= 11 is 5.33. The Balaban J connectivity index is 2.38. The lowest BCUT2D eigenvalue weighted by molar-refractivity contribution is 0.235. The van der Waals surface area contributed by atoms with E-state index < -0.39 is 0 Å². The van der Waals surface area contributed by atoms with Gasteiger partial charge in [0.05, 0.1) is 6.21 Å². The molecule has 0 aromatic carbocycles. The summed E-state index contributed by atoms with van der Waals surface area (Å²) in [5.74, 6) is 0. The van der Waals surface area contributed by atoms with E-state index in [0.29, 0.717) is 0 Å². The molecule has 1 heterocycles. The second-order valence-electron chi connectivity index (χ2n) is 0.865. The molecular weight excluding hydrogens is 101 g/mol. The lowest BCUT2D eigenvalue weighted by Gasteiger charge is -1.80. The summed E-state index contributed by atoms with van der Waals surface area (Å²) in [6, 6.07) is 0. The third-order valence-corrected chi connectivity index (χ3v) is 0.612. The van der Waals surface area contributed by atoms with E-state index in [4.69, 9.17) is 11.6 Å². The van der Waals surface area contributed by atoms with E-state index in [1.54, 1.807) is 0 Å². The summed E-state index contributed by atoms with van der Waals surface area (Å²) in [6.45, 7) is 2.36. The minimum Gasteiger partial charge on any atom is -0.378 e. The van der Waals surface area contributed by atoms with Crippen LogP contribution in [0.15, 0.2) is 5.16 Å². The van der Waals surface area contributed by atoms with Crippen molar-refractivity contribution in [2.45, 2.75) is 5.38 Å². The van der Waals surface area contributed by atoms with Crippen LogP contribution in [0.25, 0.3) is 0 Å². The molecule has 0 aromatic rings. The molecule has 1 aliphatic rings. The summed E-state index contributed by atoms with van der Waals surface area (Å²) in [5.41, 5.74) is 0. The zero-order chi connectivity index (χ0) is 4.41. The lowest BCUT2D eigenvalue weighted by Crippen LogP contribution is -1.90. The van der Waals surface area contributed by atoms with Crippen LogP contribution >= 0.6 is 11.6 Å². The van der Waals surface area contributed by atoms with Crippen molar-refractivity contribution in [1.29, 1.82) is 0 Å². The monoisotopic (exact) mass is 103 g/mol. The van der Waals surface area contributed by atoms with Crippen molar-refractivity contribution in [3.63, 3.8) is 0 Å². The first-order valence-electron chi connectivity index (χ1n) is 1.49. The second-order valence-corrected chi connectivity index (χ2v) is 1.34. The van der Waals surface area contributed by atoms with Crippen molar-refractivity contribution in [1.82, 2.24) is 0 Å². The zero-order valence-electron chi connectivity index (χ0n) is 2.89. The molecule has 2 radical (unpaired) electrons. The number of hydrogen-bond acceptors (Lipinski definition) is 2. The molecule has 0 N–H and O–H groups in total. The Bertz CT molecular complexity index is 73.2. The van der Waals surface area contributed by atoms with Crippen molar-refractivity contribution in [3.05, 3.63) is 6.61 Å². The number of nitrogens with zero attached hydrogens (tertiary/aromatic N) is 1. The van der Waals surface area contributed by atoms with E-state index in [9.17, 15) is 0 Å². The Morgan fingerprint density at radius 2 is 2.83 bits per heavy atom. The first-order chi connectivity index (χ1) is 2.89. The van der Waals surface area contributed by atoms with E-state index in [2.05, 4.69) is 16.6 Å². The molecule has 2 nitrogen and oxygen atoms in total. The smallest absolute Gasteiger partial charge is 0.254 e. The molecule has 0 spiro atoms. The predicted molar refractivity (Wildman–Crippen MR) is 22.5 cm³/mol. The van der Waals surface area contributed by atoms with Gasteiger partial charge in [0.1, 0.15) is 5.38 Å². The summed E-state index contributed by atoms with van der Waals surface area (Å²) in [6.07, 6.45) is 1.46. The highest BCUT2D eigenvalue weighted by molar-refractivity contribution is 6.29. The SMILES string of the molecule is ClC1[C]ON=C1. The van der Waals surface area contributed by atoms with Gasteiger partial charge in [-0.05, 0) is 0 Å². The van der Waals surface area contributed by atoms with Gasteiger partial charge in [0.25, 0.3) is 6.61 Å². The van der Waals surface area contributed by atoms with E-state index in [1.807, 2.05) is 0 Å². The molecule has 0 saturated heterocycles. The van der Waals surface area contributed by atoms with Gasteiger partial charge in [0, 0.05) is 0 Å². The van der Waals surface area contributed by atoms with Crippen LogP contribution in [-0.2, 0) is 4.84 Å². The molecule has 0 aliphatic carbocycles. The normalized spacial score (nSPS) is 30.5. The van der Waals surface area contributed by atoms with Crippen LogP contribution in [0.2, 0.25) is 0 Å². The standard InChI is InChI=1S/C3H2ClNO/c4-3-1-5-6-2-3/h1,3H. The molecule has 0 aromatic heterocycles. The fourth-order valence-corrected chi connectivity index (χ4v) is 0.281. The van der Waals surface area contributed by atoms with Gasteiger partial charge in [-0.3, -0.25) is 0 Å². The first kappa shape index (κ1) is 3.93. The molecular formula is C3H2ClNO. The minimum atomic E-state index is -0.245. The minimum absolute atomic E-state index is 0.245. The van der Waals surface area contributed by atoms with Crippen molar-refractivity contribution < 1.29 is 4.84 Å². The lowest BCUT2D eigenvalue weighted by atomic mass is 10.5. The van der Waals surface area contributed by atoms with Crippen LogP contribution in [-0.4, -0.2) is 11.6 Å². The van der Waals surface area contributed by atoms with Gasteiger partial charge in [-0.15, -0.1) is 11.6 Å². The molecule has 1 rings (SSSR count). The molecule has 0 fully saturated rings. The molecule has 3 heteroatoms. The summed E-state index contributed by atoms with van der Waals surface area (Å²) in [7, 11) is 0. The molecule has 1 aliphatic heterocycles. The highest BCUT2D eigenvalue weighted by Gasteiger charge is 2.08. The summed E-state index contributed by atoms with van der Waals surface area (Å²) < 4.78 is 0. The van der Waals surface area contributed by atoms with Crippen LogP contribution in [0.1, 0.15) is 0 Å². The van der Waals surface area contributed by atoms with Crippen molar-refractivity contribution in [3.8, 4) is 0 Å². The molecule has 1 atom stereocenters. The van der Waals surface area contributed by atoms with E-state index in [0.717, 1.165) is 0 Å². The fourth-order valence-electron chi connectivity index (χ4n) is 0.195. The van der Waals surface area contributed by atoms with Crippen molar-refractivity contribution in [2.24, 2.45) is 5.16 Å². The Labute approximate surface area is 40.7 Å². The third kappa shape index (κ3) is 0.627. The van der Waals surface area contributed by atoms with Gasteiger partial charge in [-0.25, -0.2) is 0 Å². The Morgan fingerprint density at radius 3 is 3.00 bits per heavy atom. The number of oxime groups is 1. The highest BCUT2D eigenvalue weighted by Crippen LogP contribution is 2.04. The number of halogens is 1. The van der Waals surface area contributed by atoms with E-state index >= 15 is 0 Å². The largest absolute Gasteiger partial charge is 0.378 e. The van der Waals surface area contributed by atoms with Gasteiger partial charge < -0.3 is 4.84 Å². The van der Waals surface area contributed by atoms with Crippen LogP contribution < -0.4 is 0 Å². The molecule has 0 amide bonds. The van der Waals surface area contributed by atoms with E-state index in [1.165, 1.54) is 6.21 Å². The number of hydrogen-bond donors (Lipinski definition) is 0. The van der Waals surface area contributed by atoms with Gasteiger partial charge in [-0.2, -0.15) is 0 Å². The maximum Gasteiger partial charge on any atom is 0.254 e. The Hall–Kier alpha value is -0.240. The second kappa shape index (κ2) is 1.47.